The molecule has 1 N–H and O–H groups in total. The van der Waals surface area contributed by atoms with Crippen LogP contribution in [0.2, 0.25) is 0 Å². The van der Waals surface area contributed by atoms with Gasteiger partial charge in [-0.1, -0.05) is 13.0 Å². The minimum atomic E-state index is -1.06. The summed E-state index contributed by atoms with van der Waals surface area (Å²) in [5.41, 5.74) is 0.254. The molecule has 0 bridgehead atoms. The number of carbonyl (C=O) groups excluding carboxylic acids is 2. The smallest absolute Gasteiger partial charge is 0.271 e. The Balaban J connectivity index is 1.59. The van der Waals surface area contributed by atoms with Crippen LogP contribution in [0.1, 0.15) is 54.9 Å². The summed E-state index contributed by atoms with van der Waals surface area (Å²) in [7, 11) is 3.23. The molecule has 0 unspecified atom stereocenters. The minimum absolute atomic E-state index is 0.101. The van der Waals surface area contributed by atoms with Crippen molar-refractivity contribution in [2.24, 2.45) is 5.92 Å². The van der Waals surface area contributed by atoms with Crippen LogP contribution in [0, 0.1) is 5.92 Å². The van der Waals surface area contributed by atoms with Crippen LogP contribution in [0.5, 0.6) is 11.5 Å². The van der Waals surface area contributed by atoms with Crippen molar-refractivity contribution in [2.45, 2.75) is 64.2 Å². The number of fused-ring (bicyclic) bond motifs is 3. The zero-order chi connectivity index (χ0) is 24.7. The van der Waals surface area contributed by atoms with E-state index in [1.807, 2.05) is 47.2 Å². The van der Waals surface area contributed by atoms with Crippen LogP contribution in [-0.2, 0) is 17.9 Å². The third-order valence-corrected chi connectivity index (χ3v) is 8.54. The van der Waals surface area contributed by atoms with Crippen LogP contribution >= 0.6 is 11.3 Å². The lowest BCUT2D eigenvalue weighted by atomic mass is 9.86. The van der Waals surface area contributed by atoms with E-state index in [0.717, 1.165) is 41.5 Å². The van der Waals surface area contributed by atoms with Gasteiger partial charge in [0, 0.05) is 16.3 Å². The SMILES string of the molecule is COc1ccc(OC)c2c1cc1n2C[C@](C)(C(=O)NC2CCC(C)CC2)N(Cc2cccs2)C1=O. The third kappa shape index (κ3) is 4.07. The standard InChI is InChI=1S/C27H33N3O4S/c1-17-7-9-18(10-8-17)28-26(32)27(2)16-29-21(25(31)30(27)15-19-6-5-13-35-19)14-20-22(33-3)11-12-23(34-4)24(20)29/h5-6,11-14,17-18H,7-10,15-16H2,1-4H3,(H,28,32)/t17?,18?,27-/m1/s1. The lowest BCUT2D eigenvalue weighted by molar-refractivity contribution is -0.134. The Hall–Kier alpha value is -3.00. The van der Waals surface area contributed by atoms with Gasteiger partial charge >= 0.3 is 0 Å². The van der Waals surface area contributed by atoms with Crippen molar-refractivity contribution >= 4 is 34.1 Å². The number of amides is 2. The van der Waals surface area contributed by atoms with Crippen molar-refractivity contribution in [3.05, 3.63) is 46.3 Å². The van der Waals surface area contributed by atoms with Crippen LogP contribution in [0.15, 0.2) is 35.7 Å². The lowest BCUT2D eigenvalue weighted by Gasteiger charge is -2.45. The summed E-state index contributed by atoms with van der Waals surface area (Å²) in [5.74, 6) is 1.75. The summed E-state index contributed by atoms with van der Waals surface area (Å²) < 4.78 is 13.2. The minimum Gasteiger partial charge on any atom is -0.496 e. The first-order valence-corrected chi connectivity index (χ1v) is 13.1. The molecule has 2 aliphatic rings. The molecule has 2 aromatic heterocycles. The van der Waals surface area contributed by atoms with E-state index >= 15 is 0 Å². The Morgan fingerprint density at radius 3 is 2.51 bits per heavy atom. The van der Waals surface area contributed by atoms with E-state index in [4.69, 9.17) is 9.47 Å². The zero-order valence-electron chi connectivity index (χ0n) is 20.8. The molecular weight excluding hydrogens is 462 g/mol. The third-order valence-electron chi connectivity index (χ3n) is 7.68. The first kappa shape index (κ1) is 23.7. The number of ether oxygens (including phenoxy) is 2. The molecule has 1 saturated carbocycles. The number of hydrogen-bond acceptors (Lipinski definition) is 5. The predicted octanol–water partition coefficient (Wildman–Crippen LogP) is 4.83. The molecule has 2 amide bonds. The van der Waals surface area contributed by atoms with Gasteiger partial charge in [0.2, 0.25) is 5.91 Å². The van der Waals surface area contributed by atoms with Gasteiger partial charge in [-0.25, -0.2) is 0 Å². The summed E-state index contributed by atoms with van der Waals surface area (Å²) in [5, 5.41) is 6.10. The molecular formula is C27H33N3O4S. The van der Waals surface area contributed by atoms with Gasteiger partial charge in [-0.2, -0.15) is 0 Å². The highest BCUT2D eigenvalue weighted by Gasteiger charge is 2.48. The molecule has 1 aliphatic heterocycles. The van der Waals surface area contributed by atoms with Crippen LogP contribution < -0.4 is 14.8 Å². The molecule has 3 heterocycles. The second-order valence-electron chi connectivity index (χ2n) is 10.0. The second kappa shape index (κ2) is 9.22. The fourth-order valence-electron chi connectivity index (χ4n) is 5.51. The maximum absolute atomic E-state index is 14.0. The number of nitrogens with one attached hydrogen (secondary N) is 1. The number of benzene rings is 1. The Kier molecular flexibility index (Phi) is 6.25. The summed E-state index contributed by atoms with van der Waals surface area (Å²) in [6.07, 6.45) is 4.18. The second-order valence-corrected chi connectivity index (χ2v) is 11.1. The van der Waals surface area contributed by atoms with E-state index in [-0.39, 0.29) is 17.9 Å². The Morgan fingerprint density at radius 2 is 1.86 bits per heavy atom. The van der Waals surface area contributed by atoms with Gasteiger partial charge in [0.15, 0.2) is 0 Å². The Morgan fingerprint density at radius 1 is 1.14 bits per heavy atom. The van der Waals surface area contributed by atoms with Gasteiger partial charge in [-0.15, -0.1) is 11.3 Å². The van der Waals surface area contributed by atoms with Crippen LogP contribution in [0.25, 0.3) is 10.9 Å². The number of rotatable bonds is 6. The first-order chi connectivity index (χ1) is 16.9. The molecule has 3 aromatic rings. The number of carbonyl (C=O) groups is 2. The fraction of sp³-hybridized carbons (Fsp3) is 0.481. The molecule has 35 heavy (non-hydrogen) atoms. The molecule has 1 atom stereocenters. The van der Waals surface area contributed by atoms with Gasteiger partial charge < -0.3 is 24.3 Å². The fourth-order valence-corrected chi connectivity index (χ4v) is 6.20. The molecule has 1 aliphatic carbocycles. The zero-order valence-corrected chi connectivity index (χ0v) is 21.6. The molecule has 0 radical (unpaired) electrons. The summed E-state index contributed by atoms with van der Waals surface area (Å²) in [6.45, 7) is 4.88. The van der Waals surface area contributed by atoms with E-state index < -0.39 is 5.54 Å². The maximum Gasteiger partial charge on any atom is 0.271 e. The lowest BCUT2D eigenvalue weighted by Crippen LogP contribution is -2.64. The highest BCUT2D eigenvalue weighted by Crippen LogP contribution is 2.40. The van der Waals surface area contributed by atoms with Crippen molar-refractivity contribution in [2.75, 3.05) is 14.2 Å². The first-order valence-electron chi connectivity index (χ1n) is 12.2. The number of hydrogen-bond donors (Lipinski definition) is 1. The Bertz CT molecular complexity index is 1240. The molecule has 5 rings (SSSR count). The molecule has 0 saturated heterocycles. The monoisotopic (exact) mass is 495 g/mol. The van der Waals surface area contributed by atoms with Crippen molar-refractivity contribution in [1.82, 2.24) is 14.8 Å². The molecule has 186 valence electrons. The highest BCUT2D eigenvalue weighted by atomic mass is 32.1. The van der Waals surface area contributed by atoms with Crippen molar-refractivity contribution in [3.8, 4) is 11.5 Å². The maximum atomic E-state index is 14.0. The normalized spacial score (nSPS) is 24.3. The van der Waals surface area contributed by atoms with Crippen LogP contribution in [0.3, 0.4) is 0 Å². The number of thiophene rings is 1. The van der Waals surface area contributed by atoms with Gasteiger partial charge in [-0.05, 0) is 68.2 Å². The largest absolute Gasteiger partial charge is 0.496 e. The average Bonchev–Trinajstić information content (AvgIpc) is 3.51. The summed E-state index contributed by atoms with van der Waals surface area (Å²) in [6, 6.07) is 9.68. The number of nitrogens with zero attached hydrogens (tertiary/aromatic N) is 2. The number of aromatic nitrogens is 1. The average molecular weight is 496 g/mol. The van der Waals surface area contributed by atoms with E-state index in [1.54, 1.807) is 30.5 Å². The summed E-state index contributed by atoms with van der Waals surface area (Å²) >= 11 is 1.59. The van der Waals surface area contributed by atoms with Gasteiger partial charge in [0.1, 0.15) is 22.7 Å². The summed E-state index contributed by atoms with van der Waals surface area (Å²) in [4.78, 5) is 30.7. The molecule has 1 aromatic carbocycles. The predicted molar refractivity (Wildman–Crippen MR) is 137 cm³/mol. The van der Waals surface area contributed by atoms with E-state index in [0.29, 0.717) is 36.2 Å². The topological polar surface area (TPSA) is 72.8 Å². The molecule has 0 spiro atoms. The van der Waals surface area contributed by atoms with E-state index in [1.165, 1.54) is 0 Å². The molecule has 7 nitrogen and oxygen atoms in total. The van der Waals surface area contributed by atoms with Crippen molar-refractivity contribution < 1.29 is 19.1 Å². The Labute approximate surface area is 210 Å². The van der Waals surface area contributed by atoms with Crippen molar-refractivity contribution in [3.63, 3.8) is 0 Å². The molecule has 1 fully saturated rings. The van der Waals surface area contributed by atoms with Crippen LogP contribution in [-0.4, -0.2) is 47.1 Å². The van der Waals surface area contributed by atoms with E-state index in [9.17, 15) is 9.59 Å². The molecule has 8 heteroatoms. The highest BCUT2D eigenvalue weighted by molar-refractivity contribution is 7.09. The van der Waals surface area contributed by atoms with Crippen LogP contribution in [0.4, 0.5) is 0 Å². The number of methoxy groups -OCH3 is 2. The van der Waals surface area contributed by atoms with Gasteiger partial charge in [-0.3, -0.25) is 9.59 Å². The van der Waals surface area contributed by atoms with Gasteiger partial charge in [0.25, 0.3) is 5.91 Å². The quantitative estimate of drug-likeness (QED) is 0.532. The van der Waals surface area contributed by atoms with Gasteiger partial charge in [0.05, 0.1) is 32.8 Å². The van der Waals surface area contributed by atoms with E-state index in [2.05, 4.69) is 12.2 Å². The van der Waals surface area contributed by atoms with Crippen molar-refractivity contribution in [1.29, 1.82) is 0 Å².